The van der Waals surface area contributed by atoms with Crippen LogP contribution in [0.2, 0.25) is 0 Å². The van der Waals surface area contributed by atoms with Crippen molar-refractivity contribution in [2.24, 2.45) is 0 Å². The fraction of sp³-hybridized carbons (Fsp3) is 0.909. The molecule has 1 N–H and O–H groups in total. The first kappa shape index (κ1) is 14.4. The van der Waals surface area contributed by atoms with E-state index in [0.717, 1.165) is 25.9 Å². The van der Waals surface area contributed by atoms with Crippen LogP contribution in [0.25, 0.3) is 0 Å². The molecule has 0 aromatic heterocycles. The summed E-state index contributed by atoms with van der Waals surface area (Å²) in [6.45, 7) is 6.22. The maximum absolute atomic E-state index is 11.2. The van der Waals surface area contributed by atoms with E-state index in [9.17, 15) is 4.79 Å². The van der Waals surface area contributed by atoms with Gasteiger partial charge in [0.1, 0.15) is 6.04 Å². The highest BCUT2D eigenvalue weighted by Gasteiger charge is 2.14. The number of methoxy groups -OCH3 is 1. The van der Waals surface area contributed by atoms with Gasteiger partial charge in [0.25, 0.3) is 0 Å². The van der Waals surface area contributed by atoms with Crippen molar-refractivity contribution in [1.82, 2.24) is 5.32 Å². The van der Waals surface area contributed by atoms with Crippen LogP contribution in [0.4, 0.5) is 0 Å². The minimum absolute atomic E-state index is 0.203. The summed E-state index contributed by atoms with van der Waals surface area (Å²) in [5.74, 6) is -0.203. The first-order valence-corrected chi connectivity index (χ1v) is 5.65. The molecule has 0 saturated carbocycles. The van der Waals surface area contributed by atoms with Crippen LogP contribution in [0.3, 0.4) is 0 Å². The predicted octanol–water partition coefficient (Wildman–Crippen LogP) is 1.34. The molecule has 0 radical (unpaired) electrons. The molecule has 4 heteroatoms. The van der Waals surface area contributed by atoms with Crippen molar-refractivity contribution in [3.63, 3.8) is 0 Å². The summed E-state index contributed by atoms with van der Waals surface area (Å²) in [7, 11) is 1.41. The molecule has 0 saturated heterocycles. The largest absolute Gasteiger partial charge is 0.468 e. The van der Waals surface area contributed by atoms with E-state index in [1.54, 1.807) is 0 Å². The highest BCUT2D eigenvalue weighted by atomic mass is 16.5. The molecule has 0 aliphatic rings. The van der Waals surface area contributed by atoms with E-state index in [4.69, 9.17) is 4.74 Å². The first-order chi connectivity index (χ1) is 7.26. The molecular weight excluding hydrogens is 194 g/mol. The third-order valence-electron chi connectivity index (χ3n) is 2.17. The summed E-state index contributed by atoms with van der Waals surface area (Å²) in [6.07, 6.45) is 2.98. The number of unbranched alkanes of at least 4 members (excludes halogenated alkanes) is 1. The second kappa shape index (κ2) is 9.93. The van der Waals surface area contributed by atoms with Crippen molar-refractivity contribution in [1.29, 1.82) is 0 Å². The fourth-order valence-corrected chi connectivity index (χ4v) is 1.19. The Morgan fingerprint density at radius 3 is 2.60 bits per heavy atom. The number of rotatable bonds is 9. The molecule has 0 amide bonds. The lowest BCUT2D eigenvalue weighted by Crippen LogP contribution is -2.38. The van der Waals surface area contributed by atoms with Gasteiger partial charge in [-0.3, -0.25) is 4.79 Å². The minimum Gasteiger partial charge on any atom is -0.468 e. The van der Waals surface area contributed by atoms with Gasteiger partial charge < -0.3 is 14.8 Å². The lowest BCUT2D eigenvalue weighted by atomic mass is 10.2. The Morgan fingerprint density at radius 2 is 2.07 bits per heavy atom. The van der Waals surface area contributed by atoms with Crippen molar-refractivity contribution in [3.05, 3.63) is 0 Å². The van der Waals surface area contributed by atoms with Crippen LogP contribution >= 0.6 is 0 Å². The van der Waals surface area contributed by atoms with Gasteiger partial charge in [0, 0.05) is 13.2 Å². The van der Waals surface area contributed by atoms with Gasteiger partial charge in [-0.05, 0) is 12.8 Å². The number of nitrogens with one attached hydrogen (secondary N) is 1. The summed E-state index contributed by atoms with van der Waals surface area (Å²) < 4.78 is 10.0. The molecule has 0 heterocycles. The molecule has 0 aliphatic carbocycles. The fourth-order valence-electron chi connectivity index (χ4n) is 1.19. The number of hydrogen-bond acceptors (Lipinski definition) is 4. The highest BCUT2D eigenvalue weighted by molar-refractivity contribution is 5.75. The van der Waals surface area contributed by atoms with Crippen LogP contribution in [-0.4, -0.2) is 38.9 Å². The van der Waals surface area contributed by atoms with Crippen LogP contribution in [0.15, 0.2) is 0 Å². The van der Waals surface area contributed by atoms with Gasteiger partial charge in [-0.1, -0.05) is 20.3 Å². The Balaban J connectivity index is 3.42. The second-order valence-electron chi connectivity index (χ2n) is 3.40. The van der Waals surface area contributed by atoms with E-state index in [0.29, 0.717) is 13.2 Å². The zero-order chi connectivity index (χ0) is 11.5. The van der Waals surface area contributed by atoms with E-state index in [1.165, 1.54) is 7.11 Å². The maximum Gasteiger partial charge on any atom is 0.322 e. The molecule has 4 nitrogen and oxygen atoms in total. The molecule has 90 valence electrons. The molecule has 0 aromatic rings. The van der Waals surface area contributed by atoms with E-state index < -0.39 is 0 Å². The number of hydrogen-bond donors (Lipinski definition) is 1. The number of ether oxygens (including phenoxy) is 2. The van der Waals surface area contributed by atoms with Crippen molar-refractivity contribution >= 4 is 5.97 Å². The third-order valence-corrected chi connectivity index (χ3v) is 2.17. The lowest BCUT2D eigenvalue weighted by Gasteiger charge is -2.14. The lowest BCUT2D eigenvalue weighted by molar-refractivity contribution is -0.143. The SMILES string of the molecule is CCCCOCCNC(CC)C(=O)OC. The predicted molar refractivity (Wildman–Crippen MR) is 59.8 cm³/mol. The summed E-state index contributed by atoms with van der Waals surface area (Å²) in [6, 6.07) is -0.204. The second-order valence-corrected chi connectivity index (χ2v) is 3.40. The Labute approximate surface area is 92.3 Å². The van der Waals surface area contributed by atoms with Gasteiger partial charge in [-0.2, -0.15) is 0 Å². The molecule has 15 heavy (non-hydrogen) atoms. The minimum atomic E-state index is -0.204. The van der Waals surface area contributed by atoms with Gasteiger partial charge in [0.05, 0.1) is 13.7 Å². The average Bonchev–Trinajstić information content (AvgIpc) is 2.27. The number of carbonyl (C=O) groups excluding carboxylic acids is 1. The monoisotopic (exact) mass is 217 g/mol. The smallest absolute Gasteiger partial charge is 0.322 e. The van der Waals surface area contributed by atoms with Gasteiger partial charge in [-0.15, -0.1) is 0 Å². The molecule has 1 unspecified atom stereocenters. The number of carbonyl (C=O) groups is 1. The van der Waals surface area contributed by atoms with Crippen LogP contribution in [0, 0.1) is 0 Å². The molecule has 0 aliphatic heterocycles. The van der Waals surface area contributed by atoms with Crippen LogP contribution in [0.1, 0.15) is 33.1 Å². The summed E-state index contributed by atoms with van der Waals surface area (Å²) in [4.78, 5) is 11.2. The Morgan fingerprint density at radius 1 is 1.33 bits per heavy atom. The topological polar surface area (TPSA) is 47.6 Å². The van der Waals surface area contributed by atoms with E-state index in [2.05, 4.69) is 17.0 Å². The summed E-state index contributed by atoms with van der Waals surface area (Å²) in [5, 5.41) is 3.10. The molecule has 0 rings (SSSR count). The van der Waals surface area contributed by atoms with Gasteiger partial charge in [0.15, 0.2) is 0 Å². The molecule has 0 fully saturated rings. The Kier molecular flexibility index (Phi) is 9.52. The molecule has 1 atom stereocenters. The highest BCUT2D eigenvalue weighted by Crippen LogP contribution is 1.93. The Bertz CT molecular complexity index is 162. The average molecular weight is 217 g/mol. The van der Waals surface area contributed by atoms with E-state index in [-0.39, 0.29) is 12.0 Å². The normalized spacial score (nSPS) is 12.5. The van der Waals surface area contributed by atoms with Crippen molar-refractivity contribution < 1.29 is 14.3 Å². The zero-order valence-electron chi connectivity index (χ0n) is 10.0. The van der Waals surface area contributed by atoms with Crippen molar-refractivity contribution in [2.45, 2.75) is 39.2 Å². The third kappa shape index (κ3) is 7.33. The van der Waals surface area contributed by atoms with Gasteiger partial charge >= 0.3 is 5.97 Å². The van der Waals surface area contributed by atoms with Crippen LogP contribution in [-0.2, 0) is 14.3 Å². The van der Waals surface area contributed by atoms with Gasteiger partial charge in [0.2, 0.25) is 0 Å². The standard InChI is InChI=1S/C11H23NO3/c1-4-6-8-15-9-7-12-10(5-2)11(13)14-3/h10,12H,4-9H2,1-3H3. The van der Waals surface area contributed by atoms with Crippen LogP contribution < -0.4 is 5.32 Å². The van der Waals surface area contributed by atoms with Crippen molar-refractivity contribution in [3.8, 4) is 0 Å². The first-order valence-electron chi connectivity index (χ1n) is 5.65. The molecule has 0 bridgehead atoms. The molecule has 0 aromatic carbocycles. The number of esters is 1. The summed E-state index contributed by atoms with van der Waals surface area (Å²) >= 11 is 0. The zero-order valence-corrected chi connectivity index (χ0v) is 10.0. The van der Waals surface area contributed by atoms with E-state index in [1.807, 2.05) is 6.92 Å². The quantitative estimate of drug-likeness (QED) is 0.468. The van der Waals surface area contributed by atoms with Crippen molar-refractivity contribution in [2.75, 3.05) is 26.9 Å². The summed E-state index contributed by atoms with van der Waals surface area (Å²) in [5.41, 5.74) is 0. The maximum atomic E-state index is 11.2. The van der Waals surface area contributed by atoms with E-state index >= 15 is 0 Å². The van der Waals surface area contributed by atoms with Gasteiger partial charge in [-0.25, -0.2) is 0 Å². The Hall–Kier alpha value is -0.610. The molecule has 0 spiro atoms. The van der Waals surface area contributed by atoms with Crippen LogP contribution in [0.5, 0.6) is 0 Å². The molecular formula is C11H23NO3.